The van der Waals surface area contributed by atoms with Crippen molar-refractivity contribution in [1.82, 2.24) is 0 Å². The summed E-state index contributed by atoms with van der Waals surface area (Å²) in [5.74, 6) is 0.268. The summed E-state index contributed by atoms with van der Waals surface area (Å²) < 4.78 is 17.5. The molecule has 0 saturated carbocycles. The number of para-hydroxylation sites is 1. The lowest BCUT2D eigenvalue weighted by atomic mass is 9.89. The molecule has 1 heterocycles. The van der Waals surface area contributed by atoms with Gasteiger partial charge in [-0.2, -0.15) is 0 Å². The van der Waals surface area contributed by atoms with Crippen molar-refractivity contribution in [3.05, 3.63) is 66.2 Å². The normalized spacial score (nSPS) is 26.9. The smallest absolute Gasteiger partial charge is 0.325 e. The molecule has 1 aliphatic rings. The Hall–Kier alpha value is -2.37. The first kappa shape index (κ1) is 18.4. The molecule has 0 amide bonds. The van der Waals surface area contributed by atoms with E-state index in [1.807, 2.05) is 55.5 Å². The van der Waals surface area contributed by atoms with E-state index in [0.29, 0.717) is 13.0 Å². The van der Waals surface area contributed by atoms with Gasteiger partial charge in [0.05, 0.1) is 13.2 Å². The average Bonchev–Trinajstić information content (AvgIpc) is 2.70. The van der Waals surface area contributed by atoms with Crippen LogP contribution in [0.2, 0.25) is 0 Å². The van der Waals surface area contributed by atoms with Gasteiger partial charge in [-0.05, 0) is 31.0 Å². The van der Waals surface area contributed by atoms with Crippen LogP contribution in [-0.2, 0) is 20.7 Å². The van der Waals surface area contributed by atoms with Crippen LogP contribution in [0.4, 0.5) is 0 Å². The minimum atomic E-state index is -0.773. The van der Waals surface area contributed by atoms with E-state index in [1.165, 1.54) is 0 Å². The molecule has 4 atom stereocenters. The van der Waals surface area contributed by atoms with Gasteiger partial charge in [-0.15, -0.1) is 0 Å². The molecule has 5 heteroatoms. The van der Waals surface area contributed by atoms with Crippen molar-refractivity contribution in [1.29, 1.82) is 0 Å². The van der Waals surface area contributed by atoms with E-state index in [2.05, 4.69) is 12.1 Å². The maximum Gasteiger partial charge on any atom is 0.325 e. The fraction of sp³-hybridized carbons (Fsp3) is 0.381. The second kappa shape index (κ2) is 8.83. The number of nitrogens with two attached hydrogens (primary N) is 1. The number of benzene rings is 2. The first-order chi connectivity index (χ1) is 12.6. The molecule has 0 unspecified atom stereocenters. The Bertz CT molecular complexity index is 692. The lowest BCUT2D eigenvalue weighted by Gasteiger charge is -2.31. The Labute approximate surface area is 154 Å². The van der Waals surface area contributed by atoms with Gasteiger partial charge in [-0.3, -0.25) is 4.79 Å². The zero-order chi connectivity index (χ0) is 18.4. The Balaban J connectivity index is 1.85. The Kier molecular flexibility index (Phi) is 6.26. The quantitative estimate of drug-likeness (QED) is 0.854. The van der Waals surface area contributed by atoms with E-state index >= 15 is 0 Å². The van der Waals surface area contributed by atoms with E-state index in [9.17, 15) is 4.79 Å². The second-order valence-electron chi connectivity index (χ2n) is 6.61. The molecule has 2 aromatic carbocycles. The van der Waals surface area contributed by atoms with Gasteiger partial charge in [0.15, 0.2) is 0 Å². The van der Waals surface area contributed by atoms with Crippen molar-refractivity contribution in [3.8, 4) is 5.75 Å². The molecule has 138 valence electrons. The van der Waals surface area contributed by atoms with Gasteiger partial charge in [-0.1, -0.05) is 48.5 Å². The number of esters is 1. The molecule has 1 saturated heterocycles. The Morgan fingerprint density at radius 1 is 1.04 bits per heavy atom. The largest absolute Gasteiger partial charge is 0.488 e. The molecule has 0 aromatic heterocycles. The SMILES string of the molecule is C[C@@H]1OC(=O)[C@@H](N)COC[C@H](Oc2ccccc2)[C@H]1Cc1ccccc1. The van der Waals surface area contributed by atoms with Crippen LogP contribution in [0.5, 0.6) is 5.75 Å². The Morgan fingerprint density at radius 2 is 1.69 bits per heavy atom. The number of ether oxygens (including phenoxy) is 3. The molecule has 5 nitrogen and oxygen atoms in total. The van der Waals surface area contributed by atoms with E-state index in [-0.39, 0.29) is 24.7 Å². The van der Waals surface area contributed by atoms with Crippen LogP contribution in [0, 0.1) is 5.92 Å². The van der Waals surface area contributed by atoms with Crippen LogP contribution < -0.4 is 10.5 Å². The van der Waals surface area contributed by atoms with Gasteiger partial charge >= 0.3 is 5.97 Å². The number of rotatable bonds is 4. The fourth-order valence-electron chi connectivity index (χ4n) is 3.14. The lowest BCUT2D eigenvalue weighted by Crippen LogP contribution is -2.41. The van der Waals surface area contributed by atoms with Crippen molar-refractivity contribution < 1.29 is 19.0 Å². The lowest BCUT2D eigenvalue weighted by molar-refractivity contribution is -0.153. The van der Waals surface area contributed by atoms with Gasteiger partial charge in [0, 0.05) is 5.92 Å². The summed E-state index contributed by atoms with van der Waals surface area (Å²) >= 11 is 0. The summed E-state index contributed by atoms with van der Waals surface area (Å²) in [4.78, 5) is 12.1. The van der Waals surface area contributed by atoms with Crippen LogP contribution in [0.3, 0.4) is 0 Å². The average molecular weight is 355 g/mol. The molecule has 0 radical (unpaired) electrons. The van der Waals surface area contributed by atoms with Gasteiger partial charge in [0.1, 0.15) is 24.0 Å². The third kappa shape index (κ3) is 4.84. The molecule has 1 aliphatic heterocycles. The zero-order valence-corrected chi connectivity index (χ0v) is 14.9. The first-order valence-corrected chi connectivity index (χ1v) is 8.93. The monoisotopic (exact) mass is 355 g/mol. The van der Waals surface area contributed by atoms with Crippen molar-refractivity contribution in [2.75, 3.05) is 13.2 Å². The highest BCUT2D eigenvalue weighted by atomic mass is 16.6. The van der Waals surface area contributed by atoms with Crippen molar-refractivity contribution in [3.63, 3.8) is 0 Å². The summed E-state index contributed by atoms with van der Waals surface area (Å²) in [6.07, 6.45) is 0.112. The van der Waals surface area contributed by atoms with Crippen molar-refractivity contribution >= 4 is 5.97 Å². The summed E-state index contributed by atoms with van der Waals surface area (Å²) in [6.45, 7) is 2.37. The van der Waals surface area contributed by atoms with Crippen LogP contribution in [0.25, 0.3) is 0 Å². The molecule has 2 N–H and O–H groups in total. The van der Waals surface area contributed by atoms with Gasteiger partial charge in [0.25, 0.3) is 0 Å². The predicted octanol–water partition coefficient (Wildman–Crippen LogP) is 2.58. The molecule has 3 rings (SSSR count). The molecule has 0 spiro atoms. The van der Waals surface area contributed by atoms with Gasteiger partial charge in [-0.25, -0.2) is 0 Å². The van der Waals surface area contributed by atoms with Crippen LogP contribution in [0.1, 0.15) is 12.5 Å². The van der Waals surface area contributed by atoms with Crippen molar-refractivity contribution in [2.45, 2.75) is 31.6 Å². The molecule has 1 fully saturated rings. The highest BCUT2D eigenvalue weighted by Crippen LogP contribution is 2.25. The number of carbonyl (C=O) groups excluding carboxylic acids is 1. The van der Waals surface area contributed by atoms with Crippen molar-refractivity contribution in [2.24, 2.45) is 11.7 Å². The molecule has 2 aromatic rings. The third-order valence-electron chi connectivity index (χ3n) is 4.61. The minimum Gasteiger partial charge on any atom is -0.488 e. The van der Waals surface area contributed by atoms with Gasteiger partial charge in [0.2, 0.25) is 0 Å². The summed E-state index contributed by atoms with van der Waals surface area (Å²) in [6, 6.07) is 19.0. The molecule has 0 bridgehead atoms. The zero-order valence-electron chi connectivity index (χ0n) is 14.9. The summed E-state index contributed by atoms with van der Waals surface area (Å²) in [7, 11) is 0. The third-order valence-corrected chi connectivity index (χ3v) is 4.61. The maximum absolute atomic E-state index is 12.1. The summed E-state index contributed by atoms with van der Waals surface area (Å²) in [5, 5.41) is 0. The highest BCUT2D eigenvalue weighted by molar-refractivity contribution is 5.75. The van der Waals surface area contributed by atoms with E-state index < -0.39 is 12.0 Å². The molecule has 0 aliphatic carbocycles. The minimum absolute atomic E-state index is 0.0631. The van der Waals surface area contributed by atoms with E-state index in [1.54, 1.807) is 0 Å². The van der Waals surface area contributed by atoms with E-state index in [0.717, 1.165) is 11.3 Å². The number of hydrogen-bond acceptors (Lipinski definition) is 5. The summed E-state index contributed by atoms with van der Waals surface area (Å²) in [5.41, 5.74) is 6.99. The standard InChI is InChI=1S/C21H25NO4/c1-15-18(12-16-8-4-2-5-9-16)20(26-17-10-6-3-7-11-17)14-24-13-19(22)21(23)25-15/h2-11,15,18-20H,12-14,22H2,1H3/t15-,18-,19-,20-/m0/s1. The van der Waals surface area contributed by atoms with E-state index in [4.69, 9.17) is 19.9 Å². The van der Waals surface area contributed by atoms with Crippen LogP contribution in [-0.4, -0.2) is 37.4 Å². The number of carbonyl (C=O) groups is 1. The fourth-order valence-corrected chi connectivity index (χ4v) is 3.14. The maximum atomic E-state index is 12.1. The van der Waals surface area contributed by atoms with Gasteiger partial charge < -0.3 is 19.9 Å². The van der Waals surface area contributed by atoms with Crippen LogP contribution >= 0.6 is 0 Å². The number of hydrogen-bond donors (Lipinski definition) is 1. The number of cyclic esters (lactones) is 1. The highest BCUT2D eigenvalue weighted by Gasteiger charge is 2.34. The molecule has 26 heavy (non-hydrogen) atoms. The molecular weight excluding hydrogens is 330 g/mol. The van der Waals surface area contributed by atoms with Crippen LogP contribution in [0.15, 0.2) is 60.7 Å². The Morgan fingerprint density at radius 3 is 2.38 bits per heavy atom. The topological polar surface area (TPSA) is 70.8 Å². The first-order valence-electron chi connectivity index (χ1n) is 8.93. The predicted molar refractivity (Wildman–Crippen MR) is 98.8 cm³/mol. The molecular formula is C21H25NO4. The second-order valence-corrected chi connectivity index (χ2v) is 6.61.